The van der Waals surface area contributed by atoms with Gasteiger partial charge >= 0.3 is 5.97 Å². The normalized spacial score (nSPS) is 32.1. The Morgan fingerprint density at radius 3 is 2.86 bits per heavy atom. The predicted octanol–water partition coefficient (Wildman–Crippen LogP) is 2.77. The summed E-state index contributed by atoms with van der Waals surface area (Å²) in [5, 5.41) is 0. The molecule has 5 heteroatoms. The van der Waals surface area contributed by atoms with Crippen molar-refractivity contribution in [2.45, 2.75) is 37.3 Å². The number of anilines is 1. The van der Waals surface area contributed by atoms with Gasteiger partial charge < -0.3 is 10.5 Å². The zero-order chi connectivity index (χ0) is 15.1. The van der Waals surface area contributed by atoms with Crippen LogP contribution in [0.4, 0.5) is 5.69 Å². The Labute approximate surface area is 133 Å². The Kier molecular flexibility index (Phi) is 3.97. The molecule has 4 atom stereocenters. The van der Waals surface area contributed by atoms with Crippen LogP contribution < -0.4 is 5.73 Å². The number of methoxy groups -OCH3 is 1. The molecule has 0 saturated carbocycles. The van der Waals surface area contributed by atoms with Crippen LogP contribution in [0.2, 0.25) is 0 Å². The maximum absolute atomic E-state index is 12.4. The number of fused-ring (bicyclic) bond motifs is 2. The fourth-order valence-corrected chi connectivity index (χ4v) is 4.44. The number of carbonyl (C=O) groups excluding carboxylic acids is 1. The van der Waals surface area contributed by atoms with E-state index in [1.54, 1.807) is 0 Å². The maximum Gasteiger partial charge on any atom is 0.310 e. The number of nitrogen functional groups attached to an aromatic ring is 1. The van der Waals surface area contributed by atoms with Crippen molar-refractivity contribution >= 4 is 27.6 Å². The van der Waals surface area contributed by atoms with Gasteiger partial charge in [0, 0.05) is 28.2 Å². The van der Waals surface area contributed by atoms with Crippen LogP contribution in [0.25, 0.3) is 0 Å². The fraction of sp³-hybridized carbons (Fsp3) is 0.562. The van der Waals surface area contributed by atoms with Crippen LogP contribution in [0.15, 0.2) is 22.7 Å². The number of nitrogens with two attached hydrogens (primary N) is 1. The molecule has 114 valence electrons. The average Bonchev–Trinajstić information content (AvgIpc) is 2.72. The molecule has 0 aliphatic carbocycles. The zero-order valence-corrected chi connectivity index (χ0v) is 14.0. The van der Waals surface area contributed by atoms with Crippen molar-refractivity contribution in [2.75, 3.05) is 19.9 Å². The highest BCUT2D eigenvalue weighted by Gasteiger charge is 2.49. The van der Waals surface area contributed by atoms with Crippen molar-refractivity contribution in [1.82, 2.24) is 4.90 Å². The highest BCUT2D eigenvalue weighted by Crippen LogP contribution is 2.47. The van der Waals surface area contributed by atoms with Crippen LogP contribution in [-0.4, -0.2) is 37.1 Å². The summed E-state index contributed by atoms with van der Waals surface area (Å²) in [5.41, 5.74) is 7.78. The Hall–Kier alpha value is -1.07. The largest absolute Gasteiger partial charge is 0.469 e. The van der Waals surface area contributed by atoms with Crippen molar-refractivity contribution < 1.29 is 9.53 Å². The molecule has 0 radical (unpaired) electrons. The second-order valence-electron chi connectivity index (χ2n) is 6.14. The van der Waals surface area contributed by atoms with Crippen LogP contribution in [-0.2, 0) is 9.53 Å². The van der Waals surface area contributed by atoms with Crippen LogP contribution >= 0.6 is 15.9 Å². The van der Waals surface area contributed by atoms with Crippen molar-refractivity contribution in [3.63, 3.8) is 0 Å². The third-order valence-corrected chi connectivity index (χ3v) is 5.88. The summed E-state index contributed by atoms with van der Waals surface area (Å²) >= 11 is 3.49. The first-order valence-electron chi connectivity index (χ1n) is 7.37. The average molecular weight is 353 g/mol. The van der Waals surface area contributed by atoms with Crippen molar-refractivity contribution in [2.24, 2.45) is 5.92 Å². The molecule has 2 aliphatic heterocycles. The summed E-state index contributed by atoms with van der Waals surface area (Å²) in [7, 11) is 3.62. The van der Waals surface area contributed by atoms with Gasteiger partial charge in [-0.05, 0) is 59.9 Å². The molecular weight excluding hydrogens is 332 g/mol. The Morgan fingerprint density at radius 2 is 2.19 bits per heavy atom. The minimum absolute atomic E-state index is 0.0886. The van der Waals surface area contributed by atoms with Crippen molar-refractivity contribution in [3.8, 4) is 0 Å². The predicted molar refractivity (Wildman–Crippen MR) is 86.0 cm³/mol. The van der Waals surface area contributed by atoms with Gasteiger partial charge in [0.05, 0.1) is 13.0 Å². The highest BCUT2D eigenvalue weighted by atomic mass is 79.9. The van der Waals surface area contributed by atoms with Gasteiger partial charge in [-0.3, -0.25) is 9.69 Å². The molecule has 2 N–H and O–H groups in total. The third kappa shape index (κ3) is 2.46. The summed E-state index contributed by atoms with van der Waals surface area (Å²) < 4.78 is 5.99. The number of benzene rings is 1. The van der Waals surface area contributed by atoms with E-state index in [4.69, 9.17) is 10.5 Å². The van der Waals surface area contributed by atoms with E-state index in [9.17, 15) is 4.79 Å². The number of nitrogens with zero attached hydrogens (tertiary/aromatic N) is 1. The standard InChI is InChI=1S/C16H21BrN2O2/c1-19-10-4-6-14(19)15(16(20)21-2)11(8-10)9-3-5-13(18)12(17)7-9/h3,5,7,10-11,14-15H,4,6,8,18H2,1-2H3/t10-,11?,14?,15+/m1/s1. The van der Waals surface area contributed by atoms with E-state index in [1.165, 1.54) is 19.1 Å². The number of rotatable bonds is 2. The molecule has 2 saturated heterocycles. The van der Waals surface area contributed by atoms with Gasteiger partial charge in [-0.2, -0.15) is 0 Å². The topological polar surface area (TPSA) is 55.6 Å². The van der Waals surface area contributed by atoms with Crippen LogP contribution in [0.5, 0.6) is 0 Å². The molecule has 0 spiro atoms. The van der Waals surface area contributed by atoms with E-state index < -0.39 is 0 Å². The van der Waals surface area contributed by atoms with Gasteiger partial charge in [0.15, 0.2) is 0 Å². The molecule has 2 fully saturated rings. The third-order valence-electron chi connectivity index (χ3n) is 5.19. The van der Waals surface area contributed by atoms with E-state index in [2.05, 4.69) is 33.9 Å². The number of ether oxygens (including phenoxy) is 1. The van der Waals surface area contributed by atoms with E-state index in [1.807, 2.05) is 12.1 Å². The smallest absolute Gasteiger partial charge is 0.310 e. The molecule has 4 nitrogen and oxygen atoms in total. The number of carbonyl (C=O) groups is 1. The fourth-order valence-electron chi connectivity index (χ4n) is 4.04. The lowest BCUT2D eigenvalue weighted by atomic mass is 9.76. The summed E-state index contributed by atoms with van der Waals surface area (Å²) in [4.78, 5) is 14.7. The Bertz CT molecular complexity index is 563. The zero-order valence-electron chi connectivity index (χ0n) is 12.4. The van der Waals surface area contributed by atoms with Gasteiger partial charge in [-0.1, -0.05) is 6.07 Å². The first-order chi connectivity index (χ1) is 10.0. The lowest BCUT2D eigenvalue weighted by molar-refractivity contribution is -0.150. The number of halogens is 1. The molecule has 1 aromatic carbocycles. The minimum Gasteiger partial charge on any atom is -0.469 e. The minimum atomic E-state index is -0.0925. The molecular formula is C16H21BrN2O2. The second-order valence-corrected chi connectivity index (χ2v) is 6.99. The van der Waals surface area contributed by atoms with E-state index >= 15 is 0 Å². The maximum atomic E-state index is 12.4. The molecule has 1 aromatic rings. The lowest BCUT2D eigenvalue weighted by Gasteiger charge is -2.41. The van der Waals surface area contributed by atoms with Crippen LogP contribution in [0, 0.1) is 5.92 Å². The quantitative estimate of drug-likeness (QED) is 0.656. The molecule has 3 rings (SSSR count). The summed E-state index contributed by atoms with van der Waals surface area (Å²) in [5.74, 6) is 0.0301. The number of piperidine rings is 1. The molecule has 0 amide bonds. The van der Waals surface area contributed by atoms with Gasteiger partial charge in [0.25, 0.3) is 0 Å². The summed E-state index contributed by atoms with van der Waals surface area (Å²) in [6, 6.07) is 6.87. The molecule has 2 unspecified atom stereocenters. The van der Waals surface area contributed by atoms with Crippen molar-refractivity contribution in [1.29, 1.82) is 0 Å². The summed E-state index contributed by atoms with van der Waals surface area (Å²) in [6.07, 6.45) is 3.25. The molecule has 2 heterocycles. The molecule has 2 aliphatic rings. The van der Waals surface area contributed by atoms with Gasteiger partial charge in [-0.15, -0.1) is 0 Å². The first-order valence-corrected chi connectivity index (χ1v) is 8.17. The monoisotopic (exact) mass is 352 g/mol. The SMILES string of the molecule is COC(=O)[C@H]1C(c2ccc(N)c(Br)c2)C[C@H]2CCC1N2C. The van der Waals surface area contributed by atoms with Crippen LogP contribution in [0.3, 0.4) is 0 Å². The highest BCUT2D eigenvalue weighted by molar-refractivity contribution is 9.10. The van der Waals surface area contributed by atoms with Crippen molar-refractivity contribution in [3.05, 3.63) is 28.2 Å². The Balaban J connectivity index is 1.98. The molecule has 2 bridgehead atoms. The van der Waals surface area contributed by atoms with Gasteiger partial charge in [0.1, 0.15) is 0 Å². The number of hydrogen-bond donors (Lipinski definition) is 1. The van der Waals surface area contributed by atoms with E-state index in [-0.39, 0.29) is 23.8 Å². The van der Waals surface area contributed by atoms with Gasteiger partial charge in [0.2, 0.25) is 0 Å². The van der Waals surface area contributed by atoms with Crippen LogP contribution in [0.1, 0.15) is 30.7 Å². The van der Waals surface area contributed by atoms with E-state index in [0.29, 0.717) is 6.04 Å². The number of esters is 1. The first kappa shape index (κ1) is 14.9. The molecule has 0 aromatic heterocycles. The van der Waals surface area contributed by atoms with E-state index in [0.717, 1.165) is 23.0 Å². The molecule has 21 heavy (non-hydrogen) atoms. The van der Waals surface area contributed by atoms with Gasteiger partial charge in [-0.25, -0.2) is 0 Å². The lowest BCUT2D eigenvalue weighted by Crippen LogP contribution is -2.49. The number of hydrogen-bond acceptors (Lipinski definition) is 4. The second kappa shape index (κ2) is 5.61. The Morgan fingerprint density at radius 1 is 1.43 bits per heavy atom. The summed E-state index contributed by atoms with van der Waals surface area (Å²) in [6.45, 7) is 0.